The molecule has 0 saturated heterocycles. The summed E-state index contributed by atoms with van der Waals surface area (Å²) < 4.78 is 28.1. The highest BCUT2D eigenvalue weighted by Crippen LogP contribution is 2.23. The maximum atomic E-state index is 12.7. The normalized spacial score (nSPS) is 12.9. The number of nitrogens with zero attached hydrogens (tertiary/aromatic N) is 3. The molecule has 8 heteroatoms. The van der Waals surface area contributed by atoms with Crippen LogP contribution in [0.4, 0.5) is 0 Å². The molecule has 172 valence electrons. The molecule has 3 aromatic rings. The van der Waals surface area contributed by atoms with Crippen molar-refractivity contribution in [2.45, 2.75) is 57.5 Å². The molecule has 1 heterocycles. The van der Waals surface area contributed by atoms with Crippen molar-refractivity contribution in [2.24, 2.45) is 0 Å². The van der Waals surface area contributed by atoms with E-state index in [0.717, 1.165) is 23.3 Å². The van der Waals surface area contributed by atoms with Gasteiger partial charge in [-0.25, -0.2) is 17.7 Å². The van der Waals surface area contributed by atoms with E-state index in [1.54, 1.807) is 18.2 Å². The van der Waals surface area contributed by atoms with E-state index in [4.69, 9.17) is 0 Å². The Morgan fingerprint density at radius 1 is 1.12 bits per heavy atom. The molecule has 0 spiro atoms. The molecule has 1 aromatic heterocycles. The molecule has 0 aliphatic heterocycles. The second-order valence-electron chi connectivity index (χ2n) is 8.15. The van der Waals surface area contributed by atoms with Gasteiger partial charge in [0.1, 0.15) is 5.82 Å². The number of aromatic nitrogens is 2. The van der Waals surface area contributed by atoms with Gasteiger partial charge in [0, 0.05) is 33.5 Å². The molecule has 1 amide bonds. The van der Waals surface area contributed by atoms with Gasteiger partial charge in [0.15, 0.2) is 0 Å². The van der Waals surface area contributed by atoms with E-state index in [-0.39, 0.29) is 16.8 Å². The first kappa shape index (κ1) is 23.9. The van der Waals surface area contributed by atoms with Crippen molar-refractivity contribution in [1.82, 2.24) is 19.2 Å². The lowest BCUT2D eigenvalue weighted by molar-refractivity contribution is -0.121. The van der Waals surface area contributed by atoms with Gasteiger partial charge in [-0.3, -0.25) is 4.79 Å². The molecule has 0 radical (unpaired) electrons. The molecule has 1 atom stereocenters. The van der Waals surface area contributed by atoms with Gasteiger partial charge in [0.25, 0.3) is 0 Å². The van der Waals surface area contributed by atoms with E-state index < -0.39 is 10.0 Å². The Bertz CT molecular complexity index is 1200. The lowest BCUT2D eigenvalue weighted by Crippen LogP contribution is -2.28. The molecule has 0 fully saturated rings. The highest BCUT2D eigenvalue weighted by atomic mass is 32.2. The Kier molecular flexibility index (Phi) is 7.36. The van der Waals surface area contributed by atoms with Gasteiger partial charge in [-0.05, 0) is 44.0 Å². The van der Waals surface area contributed by atoms with Gasteiger partial charge in [0.05, 0.1) is 22.0 Å². The van der Waals surface area contributed by atoms with Crippen LogP contribution in [-0.4, -0.2) is 42.3 Å². The number of carbonyl (C=O) groups is 1. The van der Waals surface area contributed by atoms with Gasteiger partial charge in [-0.15, -0.1) is 0 Å². The van der Waals surface area contributed by atoms with Crippen molar-refractivity contribution < 1.29 is 13.2 Å². The Morgan fingerprint density at radius 3 is 2.41 bits per heavy atom. The standard InChI is InChI=1S/C24H32N4O3S/c1-6-20(18-10-8-17(3)9-11-18)26-24(29)15-14-23-25-21-16-19(32(30,31)27(4)5)12-13-22(21)28(23)7-2/h8-13,16,20H,6-7,14-15H2,1-5H3,(H,26,29). The fourth-order valence-corrected chi connectivity index (χ4v) is 4.71. The number of nitrogens with one attached hydrogen (secondary N) is 1. The maximum absolute atomic E-state index is 12.7. The van der Waals surface area contributed by atoms with E-state index in [1.165, 1.54) is 24.0 Å². The van der Waals surface area contributed by atoms with Crippen LogP contribution in [0, 0.1) is 6.92 Å². The smallest absolute Gasteiger partial charge is 0.242 e. The molecular formula is C24H32N4O3S. The SMILES string of the molecule is CCC(NC(=O)CCc1nc2cc(S(=O)(=O)N(C)C)ccc2n1CC)c1ccc(C)cc1. The zero-order valence-corrected chi connectivity index (χ0v) is 20.2. The van der Waals surface area contributed by atoms with Gasteiger partial charge >= 0.3 is 0 Å². The van der Waals surface area contributed by atoms with Gasteiger partial charge < -0.3 is 9.88 Å². The van der Waals surface area contributed by atoms with Gasteiger partial charge in [0.2, 0.25) is 15.9 Å². The number of aryl methyl sites for hydroxylation is 3. The van der Waals surface area contributed by atoms with Gasteiger partial charge in [-0.1, -0.05) is 36.8 Å². The molecule has 1 unspecified atom stereocenters. The van der Waals surface area contributed by atoms with Crippen molar-refractivity contribution in [2.75, 3.05) is 14.1 Å². The zero-order valence-electron chi connectivity index (χ0n) is 19.4. The number of fused-ring (bicyclic) bond motifs is 1. The molecule has 0 aliphatic carbocycles. The minimum atomic E-state index is -3.53. The number of carbonyl (C=O) groups excluding carboxylic acids is 1. The molecule has 0 saturated carbocycles. The van der Waals surface area contributed by atoms with E-state index in [0.29, 0.717) is 24.9 Å². The third-order valence-corrected chi connectivity index (χ3v) is 7.50. The monoisotopic (exact) mass is 456 g/mol. The summed E-state index contributed by atoms with van der Waals surface area (Å²) >= 11 is 0. The minimum absolute atomic E-state index is 0.0214. The molecule has 2 aromatic carbocycles. The van der Waals surface area contributed by atoms with Crippen LogP contribution in [0.2, 0.25) is 0 Å². The van der Waals surface area contributed by atoms with E-state index >= 15 is 0 Å². The number of rotatable bonds is 9. The predicted octanol–water partition coefficient (Wildman–Crippen LogP) is 3.82. The van der Waals surface area contributed by atoms with E-state index in [2.05, 4.69) is 41.5 Å². The van der Waals surface area contributed by atoms with Crippen LogP contribution in [0.15, 0.2) is 47.4 Å². The first-order valence-electron chi connectivity index (χ1n) is 10.9. The van der Waals surface area contributed by atoms with Crippen molar-refractivity contribution in [3.8, 4) is 0 Å². The molecule has 0 aliphatic rings. The Hall–Kier alpha value is -2.71. The Balaban J connectivity index is 1.76. The second kappa shape index (κ2) is 9.83. The van der Waals surface area contributed by atoms with E-state index in [9.17, 15) is 13.2 Å². The average Bonchev–Trinajstić information content (AvgIpc) is 3.13. The average molecular weight is 457 g/mol. The topological polar surface area (TPSA) is 84.3 Å². The van der Waals surface area contributed by atoms with Crippen LogP contribution in [-0.2, 0) is 27.8 Å². The van der Waals surface area contributed by atoms with Crippen LogP contribution >= 0.6 is 0 Å². The Labute approximate surface area is 190 Å². The third kappa shape index (κ3) is 5.02. The minimum Gasteiger partial charge on any atom is -0.349 e. The number of hydrogen-bond acceptors (Lipinski definition) is 4. The third-order valence-electron chi connectivity index (χ3n) is 5.69. The summed E-state index contributed by atoms with van der Waals surface area (Å²) in [7, 11) is -0.513. The second-order valence-corrected chi connectivity index (χ2v) is 10.3. The molecule has 1 N–H and O–H groups in total. The molecule has 7 nitrogen and oxygen atoms in total. The summed E-state index contributed by atoms with van der Waals surface area (Å²) in [6.45, 7) is 6.80. The highest BCUT2D eigenvalue weighted by Gasteiger charge is 2.20. The maximum Gasteiger partial charge on any atom is 0.242 e. The number of sulfonamides is 1. The summed E-state index contributed by atoms with van der Waals surface area (Å²) in [6.07, 6.45) is 1.61. The lowest BCUT2D eigenvalue weighted by Gasteiger charge is -2.18. The molecule has 3 rings (SSSR count). The number of hydrogen-bond donors (Lipinski definition) is 1. The van der Waals surface area contributed by atoms with Crippen LogP contribution in [0.1, 0.15) is 49.7 Å². The number of imidazole rings is 1. The first-order valence-corrected chi connectivity index (χ1v) is 12.4. The largest absolute Gasteiger partial charge is 0.349 e. The molecule has 32 heavy (non-hydrogen) atoms. The highest BCUT2D eigenvalue weighted by molar-refractivity contribution is 7.89. The molecule has 0 bridgehead atoms. The summed E-state index contributed by atoms with van der Waals surface area (Å²) in [6, 6.07) is 13.2. The first-order chi connectivity index (χ1) is 15.2. The number of amides is 1. The predicted molar refractivity (Wildman–Crippen MR) is 127 cm³/mol. The molecular weight excluding hydrogens is 424 g/mol. The Morgan fingerprint density at radius 2 is 1.81 bits per heavy atom. The van der Waals surface area contributed by atoms with Crippen molar-refractivity contribution in [1.29, 1.82) is 0 Å². The van der Waals surface area contributed by atoms with Crippen LogP contribution in [0.5, 0.6) is 0 Å². The van der Waals surface area contributed by atoms with Crippen molar-refractivity contribution in [3.05, 3.63) is 59.4 Å². The summed E-state index contributed by atoms with van der Waals surface area (Å²) in [5.74, 6) is 0.753. The van der Waals surface area contributed by atoms with Gasteiger partial charge in [-0.2, -0.15) is 0 Å². The van der Waals surface area contributed by atoms with Crippen molar-refractivity contribution >= 4 is 27.0 Å². The van der Waals surface area contributed by atoms with Crippen LogP contribution in [0.3, 0.4) is 0 Å². The van der Waals surface area contributed by atoms with Crippen molar-refractivity contribution in [3.63, 3.8) is 0 Å². The zero-order chi connectivity index (χ0) is 23.5. The van der Waals surface area contributed by atoms with E-state index in [1.807, 2.05) is 18.4 Å². The lowest BCUT2D eigenvalue weighted by atomic mass is 10.0. The number of benzene rings is 2. The van der Waals surface area contributed by atoms with Crippen LogP contribution in [0.25, 0.3) is 11.0 Å². The quantitative estimate of drug-likeness (QED) is 0.531. The fraction of sp³-hybridized carbons (Fsp3) is 0.417. The summed E-state index contributed by atoms with van der Waals surface area (Å²) in [4.78, 5) is 17.5. The fourth-order valence-electron chi connectivity index (χ4n) is 3.79. The van der Waals surface area contributed by atoms with Crippen LogP contribution < -0.4 is 5.32 Å². The summed E-state index contributed by atoms with van der Waals surface area (Å²) in [5.41, 5.74) is 3.78. The summed E-state index contributed by atoms with van der Waals surface area (Å²) in [5, 5.41) is 3.12.